The molecule has 0 spiro atoms. The molecule has 0 aliphatic carbocycles. The first kappa shape index (κ1) is 41.3. The van der Waals surface area contributed by atoms with E-state index in [1.807, 2.05) is 7.05 Å². The minimum absolute atomic E-state index is 0.492. The Hall–Kier alpha value is -3.16. The second kappa shape index (κ2) is 25.7. The molecule has 0 amide bonds. The zero-order valence-corrected chi connectivity index (χ0v) is 32.5. The van der Waals surface area contributed by atoms with E-state index in [1.165, 1.54) is 32.1 Å². The van der Waals surface area contributed by atoms with Gasteiger partial charge in [-0.1, -0.05) is 94.6 Å². The van der Waals surface area contributed by atoms with Crippen LogP contribution < -0.4 is 37.6 Å². The molecule has 0 aliphatic heterocycles. The van der Waals surface area contributed by atoms with Crippen LogP contribution in [-0.4, -0.2) is 108 Å². The number of hydrogen-bond donors (Lipinski definition) is 7. The molecule has 3 aromatic rings. The first-order valence-corrected chi connectivity index (χ1v) is 20.8. The van der Waals surface area contributed by atoms with Crippen LogP contribution in [0.4, 0.5) is 35.7 Å². The molecule has 0 saturated carbocycles. The summed E-state index contributed by atoms with van der Waals surface area (Å²) >= 11 is 4.93. The summed E-state index contributed by atoms with van der Waals surface area (Å²) < 4.78 is 0. The van der Waals surface area contributed by atoms with Crippen molar-refractivity contribution in [1.82, 2.24) is 44.9 Å². The number of nitrogens with two attached hydrogens (primary N) is 1. The van der Waals surface area contributed by atoms with Crippen LogP contribution in [0.25, 0.3) is 0 Å². The van der Waals surface area contributed by atoms with Gasteiger partial charge >= 0.3 is 0 Å². The lowest BCUT2D eigenvalue weighted by atomic mass is 10.3. The third-order valence-corrected chi connectivity index (χ3v) is 9.62. The van der Waals surface area contributed by atoms with E-state index in [0.29, 0.717) is 90.4 Å². The van der Waals surface area contributed by atoms with Crippen molar-refractivity contribution in [2.24, 2.45) is 5.73 Å². The smallest absolute Gasteiger partial charge is 0.228 e. The summed E-state index contributed by atoms with van der Waals surface area (Å²) in [6.07, 6.45) is 10.5. The molecule has 16 nitrogen and oxygen atoms in total. The van der Waals surface area contributed by atoms with Crippen molar-refractivity contribution in [1.29, 1.82) is 0 Å². The van der Waals surface area contributed by atoms with E-state index in [4.69, 9.17) is 5.73 Å². The van der Waals surface area contributed by atoms with Crippen molar-refractivity contribution in [2.45, 2.75) is 94.0 Å². The van der Waals surface area contributed by atoms with Gasteiger partial charge in [0, 0.05) is 63.6 Å². The van der Waals surface area contributed by atoms with E-state index < -0.39 is 0 Å². The molecule has 3 rings (SSSR count). The van der Waals surface area contributed by atoms with Gasteiger partial charge in [0.1, 0.15) is 0 Å². The Morgan fingerprint density at radius 2 is 0.720 bits per heavy atom. The molecule has 0 atom stereocenters. The number of thioether (sulfide) groups is 3. The van der Waals surface area contributed by atoms with Gasteiger partial charge in [0.2, 0.25) is 35.7 Å². The van der Waals surface area contributed by atoms with Gasteiger partial charge in [-0.2, -0.15) is 44.9 Å². The van der Waals surface area contributed by atoms with Gasteiger partial charge < -0.3 is 37.6 Å². The van der Waals surface area contributed by atoms with Crippen molar-refractivity contribution < 1.29 is 0 Å². The molecule has 0 aromatic carbocycles. The lowest BCUT2D eigenvalue weighted by Crippen LogP contribution is -2.20. The molecule has 0 radical (unpaired) electrons. The Labute approximate surface area is 310 Å². The van der Waals surface area contributed by atoms with E-state index >= 15 is 0 Å². The van der Waals surface area contributed by atoms with Crippen molar-refractivity contribution in [3.05, 3.63) is 0 Å². The number of anilines is 6. The maximum atomic E-state index is 5.68. The molecule has 0 unspecified atom stereocenters. The van der Waals surface area contributed by atoms with Crippen molar-refractivity contribution in [3.63, 3.8) is 0 Å². The molecule has 19 heteroatoms. The predicted molar refractivity (Wildman–Crippen MR) is 211 cm³/mol. The maximum Gasteiger partial charge on any atom is 0.228 e. The van der Waals surface area contributed by atoms with E-state index in [-0.39, 0.29) is 0 Å². The summed E-state index contributed by atoms with van der Waals surface area (Å²) in [5, 5.41) is 21.5. The van der Waals surface area contributed by atoms with Crippen LogP contribution in [-0.2, 0) is 0 Å². The summed E-state index contributed by atoms with van der Waals surface area (Å²) in [6.45, 7) is 9.90. The molecule has 3 heterocycles. The van der Waals surface area contributed by atoms with Gasteiger partial charge in [0.15, 0.2) is 15.5 Å². The van der Waals surface area contributed by atoms with Gasteiger partial charge in [-0.3, -0.25) is 0 Å². The molecule has 278 valence electrons. The summed E-state index contributed by atoms with van der Waals surface area (Å²) in [5.74, 6) is 6.02. The largest absolute Gasteiger partial charge is 0.357 e. The van der Waals surface area contributed by atoms with E-state index in [1.54, 1.807) is 35.3 Å². The van der Waals surface area contributed by atoms with Crippen molar-refractivity contribution in [3.8, 4) is 0 Å². The van der Waals surface area contributed by atoms with Gasteiger partial charge in [-0.15, -0.1) is 0 Å². The number of hydrogen-bond acceptors (Lipinski definition) is 19. The minimum Gasteiger partial charge on any atom is -0.357 e. The molecular formula is C31H56N16S3. The standard InChI is InChI=1S/C31H56N16S3/c1-5-8-11-20-48-29-42-23(33-4)39-25(44-29)35-16-17-37-27-41-28(47-31(46-27)50-22-13-10-7-3)38-19-18-36-26-40-24(34-15-14-32)43-30(45-26)49-21-12-9-6-2/h5-22,32H2,1-4H3,(H2,33,35,39,42,44)(H2,34,36,40,43,45)(H2,37,38,41,46,47). The molecule has 0 aliphatic rings. The van der Waals surface area contributed by atoms with Crippen LogP contribution in [0.1, 0.15) is 78.6 Å². The second-order valence-corrected chi connectivity index (χ2v) is 14.3. The second-order valence-electron chi connectivity index (χ2n) is 11.1. The third-order valence-electron chi connectivity index (χ3n) is 6.82. The summed E-state index contributed by atoms with van der Waals surface area (Å²) in [7, 11) is 1.81. The normalized spacial score (nSPS) is 11.0. The highest BCUT2D eigenvalue weighted by Crippen LogP contribution is 2.21. The van der Waals surface area contributed by atoms with E-state index in [9.17, 15) is 0 Å². The zero-order chi connectivity index (χ0) is 35.7. The Bertz CT molecular complexity index is 1360. The topological polar surface area (TPSA) is 214 Å². The minimum atomic E-state index is 0.492. The van der Waals surface area contributed by atoms with Crippen molar-refractivity contribution >= 4 is 71.0 Å². The maximum absolute atomic E-state index is 5.68. The summed E-state index contributed by atoms with van der Waals surface area (Å²) in [5.41, 5.74) is 5.68. The fourth-order valence-electron chi connectivity index (χ4n) is 4.20. The fraction of sp³-hybridized carbons (Fsp3) is 0.710. The molecule has 0 bridgehead atoms. The third kappa shape index (κ3) is 17.2. The van der Waals surface area contributed by atoms with Crippen molar-refractivity contribution in [2.75, 3.05) is 95.5 Å². The van der Waals surface area contributed by atoms with Gasteiger partial charge in [0.25, 0.3) is 0 Å². The Morgan fingerprint density at radius 3 is 1.02 bits per heavy atom. The summed E-state index contributed by atoms with van der Waals surface area (Å²) in [4.78, 5) is 41.2. The molecule has 3 aromatic heterocycles. The first-order chi connectivity index (χ1) is 24.6. The Kier molecular flexibility index (Phi) is 21.2. The average Bonchev–Trinajstić information content (AvgIpc) is 3.13. The van der Waals surface area contributed by atoms with Crippen LogP contribution in [0.15, 0.2) is 15.5 Å². The monoisotopic (exact) mass is 748 g/mol. The number of unbranched alkanes of at least 4 members (excludes halogenated alkanes) is 6. The average molecular weight is 749 g/mol. The van der Waals surface area contributed by atoms with E-state index in [0.717, 1.165) is 42.9 Å². The fourth-order valence-corrected chi connectivity index (χ4v) is 6.70. The first-order valence-electron chi connectivity index (χ1n) is 17.8. The summed E-state index contributed by atoms with van der Waals surface area (Å²) in [6, 6.07) is 0. The number of nitrogens with one attached hydrogen (secondary N) is 6. The highest BCUT2D eigenvalue weighted by atomic mass is 32.2. The van der Waals surface area contributed by atoms with E-state index in [2.05, 4.69) is 97.5 Å². The molecule has 0 fully saturated rings. The number of rotatable bonds is 29. The van der Waals surface area contributed by atoms with Crippen LogP contribution in [0.3, 0.4) is 0 Å². The molecule has 8 N–H and O–H groups in total. The number of aromatic nitrogens is 9. The predicted octanol–water partition coefficient (Wildman–Crippen LogP) is 5.55. The van der Waals surface area contributed by atoms with Crippen LogP contribution in [0.2, 0.25) is 0 Å². The quantitative estimate of drug-likeness (QED) is 0.0342. The number of nitrogens with zero attached hydrogens (tertiary/aromatic N) is 9. The Morgan fingerprint density at radius 1 is 0.420 bits per heavy atom. The van der Waals surface area contributed by atoms with Gasteiger partial charge in [0.05, 0.1) is 0 Å². The van der Waals surface area contributed by atoms with Gasteiger partial charge in [-0.25, -0.2) is 0 Å². The lowest BCUT2D eigenvalue weighted by Gasteiger charge is -2.12. The zero-order valence-electron chi connectivity index (χ0n) is 30.1. The van der Waals surface area contributed by atoms with Crippen LogP contribution in [0.5, 0.6) is 0 Å². The highest BCUT2D eigenvalue weighted by Gasteiger charge is 2.11. The molecular weight excluding hydrogens is 693 g/mol. The SMILES string of the molecule is CCCCCSc1nc(NC)nc(NCCNc2nc(NCCNc3nc(NCCN)nc(SCCCCC)n3)nc(SCCCCC)n2)n1. The molecule has 50 heavy (non-hydrogen) atoms. The lowest BCUT2D eigenvalue weighted by molar-refractivity contribution is 0.776. The highest BCUT2D eigenvalue weighted by molar-refractivity contribution is 7.99. The van der Waals surface area contributed by atoms with Crippen LogP contribution in [0, 0.1) is 0 Å². The molecule has 0 saturated heterocycles. The van der Waals surface area contributed by atoms with Crippen LogP contribution >= 0.6 is 35.3 Å². The van der Waals surface area contributed by atoms with Gasteiger partial charge in [-0.05, 0) is 19.3 Å². The Balaban J connectivity index is 1.57.